The number of nitrogens with one attached hydrogen (secondary N) is 1. The summed E-state index contributed by atoms with van der Waals surface area (Å²) in [6.07, 6.45) is 81.5. The molecule has 17 aromatic rings. The van der Waals surface area contributed by atoms with Gasteiger partial charge >= 0.3 is 0 Å². The third kappa shape index (κ3) is 44.7. The maximum absolute atomic E-state index is 10.2. The van der Waals surface area contributed by atoms with Crippen molar-refractivity contribution in [2.24, 2.45) is 35.4 Å². The molecule has 5 aliphatic heterocycles. The molecule has 4 aliphatic carbocycles. The predicted octanol–water partition coefficient (Wildman–Crippen LogP) is 23.8. The van der Waals surface area contributed by atoms with Gasteiger partial charge in [0, 0.05) is 148 Å². The van der Waals surface area contributed by atoms with Crippen molar-refractivity contribution in [2.75, 3.05) is 6.54 Å². The second-order valence-electron chi connectivity index (χ2n) is 27.7. The molecule has 12 aromatic heterocycles. The first kappa shape index (κ1) is 100. The fourth-order valence-electron chi connectivity index (χ4n) is 11.5. The Morgan fingerprint density at radius 1 is 0.321 bits per heavy atom. The summed E-state index contributed by atoms with van der Waals surface area (Å²) < 4.78 is 0.750. The van der Waals surface area contributed by atoms with Gasteiger partial charge in [0.2, 0.25) is 0 Å². The summed E-state index contributed by atoms with van der Waals surface area (Å²) >= 11 is 0. The summed E-state index contributed by atoms with van der Waals surface area (Å²) in [6.45, 7) is 2.50. The second kappa shape index (κ2) is 67.7. The second-order valence-corrected chi connectivity index (χ2v) is 27.7. The van der Waals surface area contributed by atoms with E-state index in [0.29, 0.717) is 0 Å². The van der Waals surface area contributed by atoms with Crippen LogP contribution in [0.2, 0.25) is 0 Å². The smallest absolute Gasteiger partial charge is 0.180 e. The summed E-state index contributed by atoms with van der Waals surface area (Å²) in [4.78, 5) is 65.2. The number of pyridine rings is 9. The van der Waals surface area contributed by atoms with Gasteiger partial charge in [-0.1, -0.05) is 225 Å². The molecule has 0 bridgehead atoms. The molecular weight excluding hydrogens is 1660 g/mol. The van der Waals surface area contributed by atoms with E-state index in [1.54, 1.807) is 105 Å². The van der Waals surface area contributed by atoms with Gasteiger partial charge in [0.25, 0.3) is 0 Å². The molecule has 668 valence electrons. The van der Waals surface area contributed by atoms with Crippen LogP contribution in [0.1, 0.15) is 82.4 Å². The number of benzene rings is 5. The zero-order valence-electron chi connectivity index (χ0n) is 74.4. The van der Waals surface area contributed by atoms with Crippen LogP contribution in [0.5, 0.6) is 0 Å². The van der Waals surface area contributed by atoms with Gasteiger partial charge < -0.3 is 10.2 Å². The first-order valence-corrected chi connectivity index (χ1v) is 43.4. The first-order valence-electron chi connectivity index (χ1n) is 43.4. The molecule has 9 aliphatic rings. The predicted molar refractivity (Wildman–Crippen MR) is 539 cm³/mol. The average molecular weight is 1770 g/mol. The van der Waals surface area contributed by atoms with Crippen molar-refractivity contribution in [1.82, 2.24) is 80.0 Å². The quantitative estimate of drug-likeness (QED) is 0.0837. The molecule has 0 fully saturated rings. The molecule has 25 nitrogen and oxygen atoms in total. The molecule has 0 saturated carbocycles. The molecule has 134 heavy (non-hydrogen) atoms. The number of fused-ring (bicyclic) bond motifs is 8. The van der Waals surface area contributed by atoms with E-state index in [9.17, 15) is 5.21 Å². The Kier molecular flexibility index (Phi) is 50.6. The lowest BCUT2D eigenvalue weighted by Crippen LogP contribution is -2.22. The SMILES string of the molecule is C1=CCC=CC1.C1=CCCC=C1.C1=CN=NCC1.C1=Cc2ccccc2C1.C1=Cc2cccnc2C1.C1=NCc2ccccc21.C1=Nc2ccccc2C1.C1=Nc2cccnc2C1.[O-][n+]1ccccc1.c1cc2nc[nH]c2cn1.c1ccc2c(c1)CN=N2.c1ccc2ncccc2c1.c1ccncc1.c1ccncc1.c1ccncc1.c1ccncc1.c1cnncn1.c1ncncn1. The van der Waals surface area contributed by atoms with Crippen molar-refractivity contribution in [1.29, 1.82) is 0 Å². The van der Waals surface area contributed by atoms with Crippen molar-refractivity contribution in [3.8, 4) is 0 Å². The van der Waals surface area contributed by atoms with E-state index >= 15 is 0 Å². The fraction of sp³-hybridized carbons (Fsp3) is 0.110. The Morgan fingerprint density at radius 2 is 0.866 bits per heavy atom. The summed E-state index contributed by atoms with van der Waals surface area (Å²) in [5.74, 6) is 0. The van der Waals surface area contributed by atoms with Crippen LogP contribution in [0.15, 0.2) is 500 Å². The van der Waals surface area contributed by atoms with Crippen LogP contribution in [0.4, 0.5) is 17.1 Å². The Morgan fingerprint density at radius 3 is 1.37 bits per heavy atom. The number of aliphatic imine (C=N–C) groups is 3. The highest BCUT2D eigenvalue weighted by atomic mass is 16.5. The number of hydrogen-bond acceptors (Lipinski definition) is 23. The fourth-order valence-corrected chi connectivity index (χ4v) is 11.5. The number of azo groups is 2. The number of rotatable bonds is 0. The molecule has 0 radical (unpaired) electrons. The monoisotopic (exact) mass is 1770 g/mol. The number of allylic oxidation sites excluding steroid dienone is 10. The topological polar surface area (TPSA) is 323 Å². The number of nitrogens with zero attached hydrogens (tertiary/aromatic N) is 23. The molecule has 25 heteroatoms. The Hall–Kier alpha value is -17.6. The standard InChI is InChI=1S/C9H7N.C9H8.3C8H7N.2C7H6N2.C6H5N3.2C6H8.C5H5NO.4C5H5N.C4H6N2.2C3H3N3/c1-2-6-9-8(4-1)5-3-7-10-9;1-2-5-9-7-3-6-8(9)4-1;1-3-7-4-2-6-9-8(7)5-1;1-2-4-8-6-9-5-7(8)3-1;1-2-4-8-7(3-1)5-6-9-8;1-2-6-7(8-4-1)3-5-9-6;1-2-4-7-6(3-1)5-8-9-7;1-2-7-3-6-5(1)8-4-9-6;2*1-2-4-6-5-3-1;7-6-4-2-1-3-5-6;5*1-2-4-6-5-3-1;1-4-2-6-3-5-1;1-2-5-6-3-4-1/h1-7H;1-6H,7H2;1-4,6H,5H2;1-5H,6H2;1-4,6H,5H2;1-2,4-5H,3H2;1-4H,5H2;1-4H,(H,8,9);1-2,5-6H,3-4H2;1-4H,5-6H2;1-5H;4*1-5H;1,3H,2,4H2;2*1-3H. The van der Waals surface area contributed by atoms with E-state index in [0.717, 1.165) is 109 Å². The molecule has 0 spiro atoms. The van der Waals surface area contributed by atoms with E-state index in [2.05, 4.69) is 255 Å². The van der Waals surface area contributed by atoms with Crippen molar-refractivity contribution in [2.45, 2.75) is 70.9 Å². The van der Waals surface area contributed by atoms with Crippen molar-refractivity contribution < 1.29 is 4.73 Å². The Labute approximate surface area is 783 Å². The van der Waals surface area contributed by atoms with Crippen molar-refractivity contribution in [3.05, 3.63) is 520 Å². The first-order chi connectivity index (χ1) is 66.6. The summed E-state index contributed by atoms with van der Waals surface area (Å²) in [6, 6.07) is 82.9. The van der Waals surface area contributed by atoms with Gasteiger partial charge in [-0.05, 0) is 169 Å². The Bertz CT molecular complexity index is 5310. The lowest BCUT2D eigenvalue weighted by atomic mass is 10.1. The maximum atomic E-state index is 10.2. The van der Waals surface area contributed by atoms with Crippen LogP contribution in [-0.4, -0.2) is 105 Å². The van der Waals surface area contributed by atoms with E-state index in [4.69, 9.17) is 0 Å². The zero-order chi connectivity index (χ0) is 92.8. The minimum absolute atomic E-state index is 0.750. The Balaban J connectivity index is 0.000000160. The number of hydrogen-bond donors (Lipinski definition) is 1. The van der Waals surface area contributed by atoms with Crippen LogP contribution >= 0.6 is 0 Å². The minimum Gasteiger partial charge on any atom is -0.619 e. The average Bonchev–Trinajstić information content (AvgIpc) is 0.998. The molecule has 1 N–H and O–H groups in total. The normalized spacial score (nSPS) is 12.1. The number of aromatic nitrogens is 17. The molecule has 0 amide bonds. The summed E-state index contributed by atoms with van der Waals surface area (Å²) in [7, 11) is 0. The molecule has 17 heterocycles. The zero-order valence-corrected chi connectivity index (χ0v) is 74.4. The van der Waals surface area contributed by atoms with Crippen LogP contribution in [0, 0.1) is 5.21 Å². The number of aromatic amines is 1. The van der Waals surface area contributed by atoms with Crippen molar-refractivity contribution in [3.63, 3.8) is 0 Å². The summed E-state index contributed by atoms with van der Waals surface area (Å²) in [5, 5.41) is 33.4. The van der Waals surface area contributed by atoms with Gasteiger partial charge in [-0.15, -0.1) is 5.10 Å². The van der Waals surface area contributed by atoms with Crippen LogP contribution in [0.3, 0.4) is 0 Å². The van der Waals surface area contributed by atoms with Gasteiger partial charge in [-0.2, -0.15) is 30.3 Å². The maximum Gasteiger partial charge on any atom is 0.180 e. The van der Waals surface area contributed by atoms with Gasteiger partial charge in [0.1, 0.15) is 25.3 Å². The molecular formula is C109H106N24O. The lowest BCUT2D eigenvalue weighted by Gasteiger charge is -1.93. The minimum atomic E-state index is 0.750. The highest BCUT2D eigenvalue weighted by Crippen LogP contribution is 2.26. The highest BCUT2D eigenvalue weighted by Gasteiger charge is 2.07. The number of para-hydroxylation sites is 2. The van der Waals surface area contributed by atoms with E-state index < -0.39 is 0 Å². The highest BCUT2D eigenvalue weighted by molar-refractivity contribution is 5.84. The largest absolute Gasteiger partial charge is 0.619 e. The molecule has 0 unspecified atom stereocenters. The third-order valence-corrected chi connectivity index (χ3v) is 18.0. The molecule has 5 aromatic carbocycles. The number of H-pyrrole nitrogens is 1. The molecule has 0 saturated heterocycles. The summed E-state index contributed by atoms with van der Waals surface area (Å²) in [5.41, 5.74) is 17.8. The number of imidazole rings is 1. The van der Waals surface area contributed by atoms with Gasteiger partial charge in [0.15, 0.2) is 12.4 Å². The van der Waals surface area contributed by atoms with Crippen LogP contribution < -0.4 is 4.73 Å². The molecule has 26 rings (SSSR count). The molecule has 0 atom stereocenters. The van der Waals surface area contributed by atoms with E-state index in [1.165, 1.54) is 107 Å². The van der Waals surface area contributed by atoms with Crippen LogP contribution in [-0.2, 0) is 38.8 Å². The van der Waals surface area contributed by atoms with Crippen LogP contribution in [0.25, 0.3) is 34.1 Å². The van der Waals surface area contributed by atoms with E-state index in [1.807, 2.05) is 207 Å². The van der Waals surface area contributed by atoms with Gasteiger partial charge in [-0.3, -0.25) is 54.8 Å². The van der Waals surface area contributed by atoms with E-state index in [-0.39, 0.29) is 0 Å². The van der Waals surface area contributed by atoms with Gasteiger partial charge in [0.05, 0.1) is 83.4 Å². The van der Waals surface area contributed by atoms with Crippen molar-refractivity contribution >= 4 is 69.8 Å². The third-order valence-electron chi connectivity index (χ3n) is 18.0. The van der Waals surface area contributed by atoms with Gasteiger partial charge in [-0.25, -0.2) is 24.9 Å². The lowest BCUT2D eigenvalue weighted by molar-refractivity contribution is -0.605.